The van der Waals surface area contributed by atoms with Crippen LogP contribution in [0.1, 0.15) is 31.6 Å². The van der Waals surface area contributed by atoms with Crippen molar-refractivity contribution in [3.8, 4) is 0 Å². The van der Waals surface area contributed by atoms with Crippen molar-refractivity contribution in [2.45, 2.75) is 26.3 Å². The van der Waals surface area contributed by atoms with E-state index in [1.54, 1.807) is 0 Å². The lowest BCUT2D eigenvalue weighted by Gasteiger charge is -1.92. The van der Waals surface area contributed by atoms with E-state index >= 15 is 0 Å². The molecular weight excluding hydrogens is 166 g/mol. The maximum Gasteiger partial charge on any atom is 0.243 e. The Morgan fingerprint density at radius 2 is 2.27 bits per heavy atom. The molecule has 0 aliphatic heterocycles. The molecule has 0 aliphatic carbocycles. The van der Waals surface area contributed by atoms with Crippen LogP contribution in [-0.4, -0.2) is 10.1 Å². The summed E-state index contributed by atoms with van der Waals surface area (Å²) in [6, 6.07) is -0.159. The highest BCUT2D eigenvalue weighted by Crippen LogP contribution is 2.05. The lowest BCUT2D eigenvalue weighted by Crippen LogP contribution is -2.05. The molecule has 1 heterocycles. The minimum atomic E-state index is -0.159. The predicted octanol–water partition coefficient (Wildman–Crippen LogP) is 1.07. The third kappa shape index (κ3) is 2.48. The molecule has 11 heavy (non-hydrogen) atoms. The molecule has 0 radical (unpaired) electrons. The number of hydrogen-bond donors (Lipinski definition) is 1. The highest BCUT2D eigenvalue weighted by atomic mass is 35.5. The first-order valence-electron chi connectivity index (χ1n) is 3.32. The maximum atomic E-state index is 5.49. The van der Waals surface area contributed by atoms with E-state index in [-0.39, 0.29) is 18.4 Å². The quantitative estimate of drug-likeness (QED) is 0.734. The fourth-order valence-corrected chi connectivity index (χ4v) is 0.596. The molecule has 1 rings (SSSR count). The van der Waals surface area contributed by atoms with Gasteiger partial charge in [-0.25, -0.2) is 0 Å². The molecule has 64 valence electrons. The minimum Gasteiger partial charge on any atom is -0.338 e. The fraction of sp³-hybridized carbons (Fsp3) is 0.667. The number of hydrogen-bond acceptors (Lipinski definition) is 4. The van der Waals surface area contributed by atoms with Gasteiger partial charge in [0.15, 0.2) is 5.82 Å². The minimum absolute atomic E-state index is 0. The summed E-state index contributed by atoms with van der Waals surface area (Å²) < 4.78 is 4.83. The first-order valence-corrected chi connectivity index (χ1v) is 3.32. The van der Waals surface area contributed by atoms with Gasteiger partial charge in [-0.3, -0.25) is 0 Å². The molecule has 0 fully saturated rings. The topological polar surface area (TPSA) is 64.9 Å². The van der Waals surface area contributed by atoms with Crippen LogP contribution >= 0.6 is 12.4 Å². The van der Waals surface area contributed by atoms with Gasteiger partial charge in [-0.15, -0.1) is 12.4 Å². The monoisotopic (exact) mass is 177 g/mol. The van der Waals surface area contributed by atoms with E-state index in [0.717, 1.165) is 6.42 Å². The van der Waals surface area contributed by atoms with Gasteiger partial charge in [0.1, 0.15) is 0 Å². The van der Waals surface area contributed by atoms with E-state index in [0.29, 0.717) is 11.7 Å². The average Bonchev–Trinajstić information content (AvgIpc) is 2.34. The van der Waals surface area contributed by atoms with Crippen molar-refractivity contribution in [2.75, 3.05) is 0 Å². The number of nitrogens with zero attached hydrogens (tertiary/aromatic N) is 2. The molecule has 1 aromatic rings. The van der Waals surface area contributed by atoms with Crippen LogP contribution in [0.5, 0.6) is 0 Å². The summed E-state index contributed by atoms with van der Waals surface area (Å²) in [5.41, 5.74) is 5.49. The Morgan fingerprint density at radius 3 is 2.55 bits per heavy atom. The van der Waals surface area contributed by atoms with Crippen molar-refractivity contribution in [3.63, 3.8) is 0 Å². The van der Waals surface area contributed by atoms with Crippen molar-refractivity contribution in [1.82, 2.24) is 10.1 Å². The summed E-state index contributed by atoms with van der Waals surface area (Å²) >= 11 is 0. The largest absolute Gasteiger partial charge is 0.338 e. The highest BCUT2D eigenvalue weighted by Gasteiger charge is 2.07. The molecule has 4 nitrogen and oxygen atoms in total. The van der Waals surface area contributed by atoms with E-state index in [9.17, 15) is 0 Å². The van der Waals surface area contributed by atoms with Crippen LogP contribution in [0.2, 0.25) is 0 Å². The Balaban J connectivity index is 0.000001000. The Bertz CT molecular complexity index is 211. The molecule has 0 saturated carbocycles. The van der Waals surface area contributed by atoms with Crippen LogP contribution in [0, 0.1) is 0 Å². The van der Waals surface area contributed by atoms with Gasteiger partial charge in [0.2, 0.25) is 5.89 Å². The van der Waals surface area contributed by atoms with Gasteiger partial charge in [-0.1, -0.05) is 12.1 Å². The van der Waals surface area contributed by atoms with Crippen molar-refractivity contribution >= 4 is 12.4 Å². The number of aryl methyl sites for hydroxylation is 1. The second-order valence-corrected chi connectivity index (χ2v) is 2.19. The Labute approximate surface area is 71.6 Å². The summed E-state index contributed by atoms with van der Waals surface area (Å²) in [5, 5.41) is 3.69. The molecule has 0 spiro atoms. The number of nitrogens with two attached hydrogens (primary N) is 1. The van der Waals surface area contributed by atoms with Crippen LogP contribution in [-0.2, 0) is 6.42 Å². The van der Waals surface area contributed by atoms with Gasteiger partial charge < -0.3 is 10.3 Å². The van der Waals surface area contributed by atoms with Gasteiger partial charge in [0, 0.05) is 6.42 Å². The zero-order valence-corrected chi connectivity index (χ0v) is 7.39. The number of rotatable bonds is 2. The number of halogens is 1. The average molecular weight is 178 g/mol. The standard InChI is InChI=1S/C6H11N3O.ClH/c1-3-5-8-6(4(2)7)10-9-5;/h4H,3,7H2,1-2H3;1H. The third-order valence-corrected chi connectivity index (χ3v) is 1.19. The fourth-order valence-electron chi connectivity index (χ4n) is 0.596. The zero-order valence-electron chi connectivity index (χ0n) is 6.57. The van der Waals surface area contributed by atoms with Gasteiger partial charge in [-0.2, -0.15) is 4.98 Å². The van der Waals surface area contributed by atoms with E-state index in [1.807, 2.05) is 13.8 Å². The van der Waals surface area contributed by atoms with Gasteiger partial charge >= 0.3 is 0 Å². The molecule has 0 aromatic carbocycles. The third-order valence-electron chi connectivity index (χ3n) is 1.19. The second kappa shape index (κ2) is 4.31. The van der Waals surface area contributed by atoms with Crippen LogP contribution in [0.3, 0.4) is 0 Å². The Morgan fingerprint density at radius 1 is 1.64 bits per heavy atom. The van der Waals surface area contributed by atoms with Crippen LogP contribution in [0.25, 0.3) is 0 Å². The molecule has 0 amide bonds. The van der Waals surface area contributed by atoms with Crippen molar-refractivity contribution in [1.29, 1.82) is 0 Å². The summed E-state index contributed by atoms with van der Waals surface area (Å²) in [5.74, 6) is 1.23. The summed E-state index contributed by atoms with van der Waals surface area (Å²) in [6.45, 7) is 3.78. The predicted molar refractivity (Wildman–Crippen MR) is 43.5 cm³/mol. The van der Waals surface area contributed by atoms with Gasteiger partial charge in [0.05, 0.1) is 6.04 Å². The van der Waals surface area contributed by atoms with Crippen LogP contribution < -0.4 is 5.73 Å². The smallest absolute Gasteiger partial charge is 0.243 e. The van der Waals surface area contributed by atoms with Crippen molar-refractivity contribution in [3.05, 3.63) is 11.7 Å². The lowest BCUT2D eigenvalue weighted by molar-refractivity contribution is 0.357. The van der Waals surface area contributed by atoms with Crippen LogP contribution in [0.4, 0.5) is 0 Å². The molecule has 1 atom stereocenters. The molecule has 5 heteroatoms. The maximum absolute atomic E-state index is 5.49. The van der Waals surface area contributed by atoms with Crippen LogP contribution in [0.15, 0.2) is 4.52 Å². The molecule has 0 aliphatic rings. The highest BCUT2D eigenvalue weighted by molar-refractivity contribution is 5.85. The summed E-state index contributed by atoms with van der Waals surface area (Å²) in [6.07, 6.45) is 0.788. The molecule has 1 unspecified atom stereocenters. The van der Waals surface area contributed by atoms with E-state index < -0.39 is 0 Å². The van der Waals surface area contributed by atoms with Crippen molar-refractivity contribution < 1.29 is 4.52 Å². The van der Waals surface area contributed by atoms with Gasteiger partial charge in [-0.05, 0) is 6.92 Å². The zero-order chi connectivity index (χ0) is 7.56. The molecule has 2 N–H and O–H groups in total. The van der Waals surface area contributed by atoms with E-state index in [4.69, 9.17) is 10.3 Å². The summed E-state index contributed by atoms with van der Waals surface area (Å²) in [4.78, 5) is 4.03. The van der Waals surface area contributed by atoms with E-state index in [2.05, 4.69) is 10.1 Å². The Hall–Kier alpha value is -0.610. The SMILES string of the molecule is CCc1noc(C(C)N)n1.Cl. The molecule has 0 bridgehead atoms. The summed E-state index contributed by atoms with van der Waals surface area (Å²) in [7, 11) is 0. The molecule has 1 aromatic heterocycles. The second-order valence-electron chi connectivity index (χ2n) is 2.19. The normalized spacial score (nSPS) is 12.3. The molecule has 0 saturated heterocycles. The van der Waals surface area contributed by atoms with Gasteiger partial charge in [0.25, 0.3) is 0 Å². The molecular formula is C6H12ClN3O. The lowest BCUT2D eigenvalue weighted by atomic mass is 10.4. The Kier molecular flexibility index (Phi) is 4.07. The number of aromatic nitrogens is 2. The first kappa shape index (κ1) is 10.4. The first-order chi connectivity index (χ1) is 4.74. The van der Waals surface area contributed by atoms with E-state index in [1.165, 1.54) is 0 Å². The van der Waals surface area contributed by atoms with Crippen molar-refractivity contribution in [2.24, 2.45) is 5.73 Å².